The Kier molecular flexibility index (Phi) is 22.2. The van der Waals surface area contributed by atoms with E-state index >= 15 is 0 Å². The summed E-state index contributed by atoms with van der Waals surface area (Å²) in [6, 6.07) is 13.1. The quantitative estimate of drug-likeness (QED) is 0.125. The van der Waals surface area contributed by atoms with Gasteiger partial charge in [0.05, 0.1) is 6.54 Å². The van der Waals surface area contributed by atoms with Crippen molar-refractivity contribution < 1.29 is 18.7 Å². The standard InChI is InChI=1S/C28H45N3O3.C7H7F.C5H12/c1-5-22-14-10-15-24(16-11-17-29-26(33)20-31-25(32)6-2)28(22)34-19-18-30-27(21(3)4)23-12-8-7-9-13-23;1-6-2-4-7(8)5-3-6;1-4-5(2)3/h10,14-15,23,27,30H,3,5-9,11-13,16-20H2,1-2,4H3,(H,29,33)(H,31,32);2-5H,1H3;5H,4H2,1-3H3. The molecule has 6 nitrogen and oxygen atoms in total. The maximum absolute atomic E-state index is 12.1. The molecule has 2 aromatic rings. The molecule has 0 saturated heterocycles. The van der Waals surface area contributed by atoms with Crippen LogP contribution in [0.25, 0.3) is 0 Å². The van der Waals surface area contributed by atoms with E-state index in [1.807, 2.05) is 6.92 Å². The van der Waals surface area contributed by atoms with Crippen molar-refractivity contribution in [2.45, 2.75) is 119 Å². The van der Waals surface area contributed by atoms with Gasteiger partial charge in [-0.2, -0.15) is 0 Å². The first-order valence-electron chi connectivity index (χ1n) is 17.9. The van der Waals surface area contributed by atoms with Gasteiger partial charge in [-0.25, -0.2) is 4.39 Å². The fourth-order valence-electron chi connectivity index (χ4n) is 5.28. The lowest BCUT2D eigenvalue weighted by molar-refractivity contribution is -0.125. The van der Waals surface area contributed by atoms with Crippen molar-refractivity contribution in [1.29, 1.82) is 0 Å². The van der Waals surface area contributed by atoms with Crippen LogP contribution in [0.15, 0.2) is 54.6 Å². The third kappa shape index (κ3) is 18.7. The van der Waals surface area contributed by atoms with E-state index < -0.39 is 0 Å². The second kappa shape index (κ2) is 24.9. The largest absolute Gasteiger partial charge is 0.492 e. The molecule has 0 aromatic heterocycles. The first kappa shape index (κ1) is 41.8. The van der Waals surface area contributed by atoms with E-state index in [2.05, 4.69) is 75.3 Å². The number of ether oxygens (including phenoxy) is 1. The van der Waals surface area contributed by atoms with E-state index in [0.717, 1.165) is 43.0 Å². The maximum Gasteiger partial charge on any atom is 0.239 e. The van der Waals surface area contributed by atoms with Crippen LogP contribution < -0.4 is 20.7 Å². The van der Waals surface area contributed by atoms with Crippen LogP contribution in [0.4, 0.5) is 4.39 Å². The average molecular weight is 654 g/mol. The highest BCUT2D eigenvalue weighted by Gasteiger charge is 2.23. The van der Waals surface area contributed by atoms with Crippen LogP contribution >= 0.6 is 0 Å². The number of hydrogen-bond donors (Lipinski definition) is 3. The number of nitrogens with one attached hydrogen (secondary N) is 3. The highest BCUT2D eigenvalue weighted by Crippen LogP contribution is 2.29. The number of para-hydroxylation sites is 1. The van der Waals surface area contributed by atoms with Crippen LogP contribution in [0.2, 0.25) is 0 Å². The number of carbonyl (C=O) groups excluding carboxylic acids is 2. The van der Waals surface area contributed by atoms with Crippen LogP contribution in [0, 0.1) is 24.6 Å². The Bertz CT molecular complexity index is 1140. The molecule has 47 heavy (non-hydrogen) atoms. The summed E-state index contributed by atoms with van der Waals surface area (Å²) >= 11 is 0. The SMILES string of the molecule is C=C(C)C(NCCOc1c(CC)cccc1CCCNC(=O)CNC(=O)CC)C1CCCCC1.CCC(C)C.Cc1ccc(F)cc1. The number of rotatable bonds is 16. The van der Waals surface area contributed by atoms with Gasteiger partial charge in [-0.3, -0.25) is 9.59 Å². The normalized spacial score (nSPS) is 13.4. The van der Waals surface area contributed by atoms with Gasteiger partial charge in [0.1, 0.15) is 18.2 Å². The number of benzene rings is 2. The van der Waals surface area contributed by atoms with E-state index in [-0.39, 0.29) is 24.2 Å². The number of halogens is 1. The second-order valence-electron chi connectivity index (χ2n) is 13.0. The predicted molar refractivity (Wildman–Crippen MR) is 195 cm³/mol. The van der Waals surface area contributed by atoms with Gasteiger partial charge < -0.3 is 20.7 Å². The maximum atomic E-state index is 12.1. The summed E-state index contributed by atoms with van der Waals surface area (Å²) in [7, 11) is 0. The summed E-state index contributed by atoms with van der Waals surface area (Å²) in [5, 5.41) is 9.17. The molecule has 2 amide bonds. The Labute approximate surface area is 285 Å². The summed E-state index contributed by atoms with van der Waals surface area (Å²) in [5.74, 6) is 2.12. The van der Waals surface area contributed by atoms with Crippen molar-refractivity contribution >= 4 is 11.8 Å². The van der Waals surface area contributed by atoms with Crippen LogP contribution in [0.3, 0.4) is 0 Å². The third-order valence-corrected chi connectivity index (χ3v) is 8.46. The van der Waals surface area contributed by atoms with E-state index in [0.29, 0.717) is 31.5 Å². The molecule has 1 aliphatic rings. The van der Waals surface area contributed by atoms with Gasteiger partial charge >= 0.3 is 0 Å². The first-order chi connectivity index (χ1) is 22.5. The molecule has 7 heteroatoms. The molecule has 264 valence electrons. The molecule has 1 fully saturated rings. The number of aryl methyl sites for hydroxylation is 3. The summed E-state index contributed by atoms with van der Waals surface area (Å²) < 4.78 is 18.4. The van der Waals surface area contributed by atoms with E-state index in [9.17, 15) is 14.0 Å². The van der Waals surface area contributed by atoms with Crippen LogP contribution in [-0.4, -0.2) is 44.1 Å². The van der Waals surface area contributed by atoms with E-state index in [1.54, 1.807) is 19.1 Å². The highest BCUT2D eigenvalue weighted by atomic mass is 19.1. The van der Waals surface area contributed by atoms with Gasteiger partial charge in [0.25, 0.3) is 0 Å². The van der Waals surface area contributed by atoms with Crippen molar-refractivity contribution in [3.63, 3.8) is 0 Å². The molecular weight excluding hydrogens is 589 g/mol. The minimum atomic E-state index is -0.171. The number of hydrogen-bond acceptors (Lipinski definition) is 4. The summed E-state index contributed by atoms with van der Waals surface area (Å²) in [6.45, 7) is 20.9. The van der Waals surface area contributed by atoms with Crippen molar-refractivity contribution in [2.24, 2.45) is 11.8 Å². The van der Waals surface area contributed by atoms with Crippen LogP contribution in [0.1, 0.15) is 110 Å². The molecule has 1 aliphatic carbocycles. The molecule has 2 aromatic carbocycles. The molecule has 0 radical (unpaired) electrons. The lowest BCUT2D eigenvalue weighted by atomic mass is 9.81. The fourth-order valence-corrected chi connectivity index (χ4v) is 5.28. The van der Waals surface area contributed by atoms with E-state index in [1.165, 1.54) is 67.4 Å². The fraction of sp³-hybridized carbons (Fsp3) is 0.600. The minimum absolute atomic E-state index is 0.0331. The lowest BCUT2D eigenvalue weighted by Gasteiger charge is -2.31. The van der Waals surface area contributed by atoms with Crippen LogP contribution in [-0.2, 0) is 22.4 Å². The van der Waals surface area contributed by atoms with Gasteiger partial charge in [-0.05, 0) is 81.0 Å². The Morgan fingerprint density at radius 3 is 2.13 bits per heavy atom. The average Bonchev–Trinajstić information content (AvgIpc) is 3.07. The molecule has 0 aliphatic heterocycles. The van der Waals surface area contributed by atoms with Gasteiger partial charge in [0, 0.05) is 25.6 Å². The predicted octanol–water partition coefficient (Wildman–Crippen LogP) is 8.50. The van der Waals surface area contributed by atoms with Crippen LogP contribution in [0.5, 0.6) is 5.75 Å². The zero-order chi connectivity index (χ0) is 35.0. The molecule has 0 heterocycles. The van der Waals surface area contributed by atoms with E-state index in [4.69, 9.17) is 4.74 Å². The molecule has 1 unspecified atom stereocenters. The molecule has 3 N–H and O–H groups in total. The van der Waals surface area contributed by atoms with Gasteiger partial charge in [0.2, 0.25) is 11.8 Å². The summed E-state index contributed by atoms with van der Waals surface area (Å²) in [4.78, 5) is 23.1. The Morgan fingerprint density at radius 1 is 0.936 bits per heavy atom. The molecule has 3 rings (SSSR count). The lowest BCUT2D eigenvalue weighted by Crippen LogP contribution is -2.40. The first-order valence-corrected chi connectivity index (χ1v) is 17.9. The molecule has 0 bridgehead atoms. The molecular formula is C40H64FN3O3. The Balaban J connectivity index is 0.000000703. The molecule has 1 saturated carbocycles. The van der Waals surface area contributed by atoms with Crippen molar-refractivity contribution in [3.05, 3.63) is 77.1 Å². The minimum Gasteiger partial charge on any atom is -0.492 e. The van der Waals surface area contributed by atoms with Crippen molar-refractivity contribution in [1.82, 2.24) is 16.0 Å². The molecule has 1 atom stereocenters. The topological polar surface area (TPSA) is 79.5 Å². The van der Waals surface area contributed by atoms with Crippen molar-refractivity contribution in [2.75, 3.05) is 26.2 Å². The Hall–Kier alpha value is -3.19. The van der Waals surface area contributed by atoms with Gasteiger partial charge in [-0.15, -0.1) is 0 Å². The highest BCUT2D eigenvalue weighted by molar-refractivity contribution is 5.84. The number of amides is 2. The van der Waals surface area contributed by atoms with Gasteiger partial charge in [0.15, 0.2) is 0 Å². The smallest absolute Gasteiger partial charge is 0.239 e. The zero-order valence-corrected chi connectivity index (χ0v) is 30.5. The van der Waals surface area contributed by atoms with Crippen molar-refractivity contribution in [3.8, 4) is 5.75 Å². The Morgan fingerprint density at radius 2 is 1.57 bits per heavy atom. The summed E-state index contributed by atoms with van der Waals surface area (Å²) in [6.07, 6.45) is 10.8. The monoisotopic (exact) mass is 653 g/mol. The number of carbonyl (C=O) groups is 2. The second-order valence-corrected chi connectivity index (χ2v) is 13.0. The molecule has 0 spiro atoms. The van der Waals surface area contributed by atoms with Gasteiger partial charge in [-0.1, -0.05) is 108 Å². The summed E-state index contributed by atoms with van der Waals surface area (Å²) in [5.41, 5.74) is 4.70. The third-order valence-electron chi connectivity index (χ3n) is 8.46. The zero-order valence-electron chi connectivity index (χ0n) is 30.5.